The lowest BCUT2D eigenvalue weighted by Gasteiger charge is -2.17. The molecule has 3 rings (SSSR count). The number of rotatable bonds is 5. The van der Waals surface area contributed by atoms with Crippen molar-refractivity contribution in [3.63, 3.8) is 0 Å². The number of nitrogen functional groups attached to an aromatic ring is 1. The van der Waals surface area contributed by atoms with Gasteiger partial charge in [0.25, 0.3) is 0 Å². The number of thiazole rings is 1. The average Bonchev–Trinajstić information content (AvgIpc) is 2.81. The molecule has 0 amide bonds. The highest BCUT2D eigenvalue weighted by Crippen LogP contribution is 2.24. The van der Waals surface area contributed by atoms with Gasteiger partial charge in [0, 0.05) is 36.5 Å². The van der Waals surface area contributed by atoms with Gasteiger partial charge in [-0.05, 0) is 19.4 Å². The second-order valence-electron chi connectivity index (χ2n) is 5.60. The summed E-state index contributed by atoms with van der Waals surface area (Å²) in [4.78, 5) is 8.26. The van der Waals surface area contributed by atoms with Gasteiger partial charge in [-0.2, -0.15) is 0 Å². The second-order valence-corrected chi connectivity index (χ2v) is 6.71. The highest BCUT2D eigenvalue weighted by Gasteiger charge is 2.16. The lowest BCUT2D eigenvalue weighted by Crippen LogP contribution is -2.26. The van der Waals surface area contributed by atoms with Gasteiger partial charge in [-0.25, -0.2) is 4.98 Å². The minimum atomic E-state index is 0.690. The van der Waals surface area contributed by atoms with Gasteiger partial charge in [0.1, 0.15) is 5.75 Å². The summed E-state index contributed by atoms with van der Waals surface area (Å²) in [5.74, 6) is 0.948. The summed E-state index contributed by atoms with van der Waals surface area (Å²) in [5.41, 5.74) is 8.13. The summed E-state index contributed by atoms with van der Waals surface area (Å²) < 4.78 is 5.66. The molecule has 0 saturated carbocycles. The van der Waals surface area contributed by atoms with Crippen molar-refractivity contribution in [3.05, 3.63) is 46.5 Å². The molecule has 1 aromatic carbocycles. The summed E-state index contributed by atoms with van der Waals surface area (Å²) in [6.45, 7) is 5.75. The van der Waals surface area contributed by atoms with Gasteiger partial charge < -0.3 is 10.5 Å². The molecule has 0 atom stereocenters. The average molecular weight is 329 g/mol. The summed E-state index contributed by atoms with van der Waals surface area (Å²) in [6.07, 6.45) is 6.42. The van der Waals surface area contributed by atoms with E-state index in [4.69, 9.17) is 10.5 Å². The predicted octanol–water partition coefficient (Wildman–Crippen LogP) is 3.24. The van der Waals surface area contributed by atoms with E-state index in [1.165, 1.54) is 10.6 Å². The summed E-state index contributed by atoms with van der Waals surface area (Å²) in [7, 11) is 0. The summed E-state index contributed by atoms with van der Waals surface area (Å²) in [6, 6.07) is 8.16. The molecule has 2 heterocycles. The first-order chi connectivity index (χ1) is 11.3. The van der Waals surface area contributed by atoms with Crippen LogP contribution >= 0.6 is 11.3 Å². The van der Waals surface area contributed by atoms with E-state index in [2.05, 4.69) is 28.1 Å². The van der Waals surface area contributed by atoms with Crippen LogP contribution in [0, 0.1) is 0 Å². The van der Waals surface area contributed by atoms with Crippen molar-refractivity contribution >= 4 is 22.5 Å². The van der Waals surface area contributed by atoms with Gasteiger partial charge in [0.15, 0.2) is 5.13 Å². The zero-order valence-electron chi connectivity index (χ0n) is 13.5. The lowest BCUT2D eigenvalue weighted by molar-refractivity contribution is 0.318. The standard InChI is InChI=1S/C18H23N3OS/c1-2-22-16-8-4-3-6-14(16)7-5-11-21-12-9-15-17(10-13-21)23-18(19)20-15/h3-8H,2,9-13H2,1H3,(H2,19,20). The van der Waals surface area contributed by atoms with E-state index in [9.17, 15) is 0 Å². The number of fused-ring (bicyclic) bond motifs is 1. The SMILES string of the molecule is CCOc1ccccc1C=CCN1CCc2nc(N)sc2CC1. The van der Waals surface area contributed by atoms with Gasteiger partial charge >= 0.3 is 0 Å². The van der Waals surface area contributed by atoms with Crippen LogP contribution in [0.1, 0.15) is 23.1 Å². The van der Waals surface area contributed by atoms with Crippen LogP contribution in [0.3, 0.4) is 0 Å². The Morgan fingerprint density at radius 3 is 3.00 bits per heavy atom. The molecule has 0 fully saturated rings. The van der Waals surface area contributed by atoms with Crippen LogP contribution < -0.4 is 10.5 Å². The van der Waals surface area contributed by atoms with E-state index in [-0.39, 0.29) is 0 Å². The van der Waals surface area contributed by atoms with E-state index >= 15 is 0 Å². The first-order valence-corrected chi connectivity index (χ1v) is 8.92. The van der Waals surface area contributed by atoms with Crippen LogP contribution in [0.2, 0.25) is 0 Å². The Balaban J connectivity index is 1.58. The fourth-order valence-electron chi connectivity index (χ4n) is 2.85. The van der Waals surface area contributed by atoms with E-state index in [1.54, 1.807) is 11.3 Å². The maximum absolute atomic E-state index is 5.80. The number of anilines is 1. The third-order valence-electron chi connectivity index (χ3n) is 3.99. The predicted molar refractivity (Wildman–Crippen MR) is 97.0 cm³/mol. The van der Waals surface area contributed by atoms with Crippen LogP contribution in [0.4, 0.5) is 5.13 Å². The number of hydrogen-bond donors (Lipinski definition) is 1. The molecule has 122 valence electrons. The zero-order chi connectivity index (χ0) is 16.1. The maximum atomic E-state index is 5.80. The Hall–Kier alpha value is -1.85. The molecular formula is C18H23N3OS. The second kappa shape index (κ2) is 7.62. The Labute approximate surface area is 141 Å². The van der Waals surface area contributed by atoms with Crippen molar-refractivity contribution in [1.82, 2.24) is 9.88 Å². The number of benzene rings is 1. The van der Waals surface area contributed by atoms with Crippen LogP contribution in [-0.2, 0) is 12.8 Å². The Morgan fingerprint density at radius 2 is 2.13 bits per heavy atom. The highest BCUT2D eigenvalue weighted by molar-refractivity contribution is 7.15. The van der Waals surface area contributed by atoms with Gasteiger partial charge in [0.2, 0.25) is 0 Å². The highest BCUT2D eigenvalue weighted by atomic mass is 32.1. The number of ether oxygens (including phenoxy) is 1. The first-order valence-electron chi connectivity index (χ1n) is 8.11. The van der Waals surface area contributed by atoms with E-state index in [0.717, 1.165) is 43.8 Å². The van der Waals surface area contributed by atoms with Gasteiger partial charge in [-0.15, -0.1) is 11.3 Å². The van der Waals surface area contributed by atoms with Crippen molar-refractivity contribution in [1.29, 1.82) is 0 Å². The van der Waals surface area contributed by atoms with Crippen molar-refractivity contribution < 1.29 is 4.74 Å². The van der Waals surface area contributed by atoms with Crippen molar-refractivity contribution in [3.8, 4) is 5.75 Å². The number of hydrogen-bond acceptors (Lipinski definition) is 5. The molecule has 0 bridgehead atoms. The smallest absolute Gasteiger partial charge is 0.180 e. The molecule has 4 nitrogen and oxygen atoms in total. The molecule has 1 aliphatic heterocycles. The Bertz CT molecular complexity index is 655. The van der Waals surface area contributed by atoms with Crippen molar-refractivity contribution in [2.24, 2.45) is 0 Å². The van der Waals surface area contributed by atoms with Crippen LogP contribution in [0.25, 0.3) is 6.08 Å². The molecule has 23 heavy (non-hydrogen) atoms. The van der Waals surface area contributed by atoms with Gasteiger partial charge in [-0.1, -0.05) is 30.4 Å². The third kappa shape index (κ3) is 4.12. The van der Waals surface area contributed by atoms with Crippen LogP contribution in [-0.4, -0.2) is 36.1 Å². The number of para-hydroxylation sites is 1. The molecule has 0 unspecified atom stereocenters. The molecule has 0 saturated heterocycles. The van der Waals surface area contributed by atoms with E-state index in [1.807, 2.05) is 25.1 Å². The molecular weight excluding hydrogens is 306 g/mol. The molecule has 1 aliphatic rings. The summed E-state index contributed by atoms with van der Waals surface area (Å²) >= 11 is 1.64. The van der Waals surface area contributed by atoms with E-state index in [0.29, 0.717) is 11.7 Å². The number of nitrogens with zero attached hydrogens (tertiary/aromatic N) is 2. The normalized spacial score (nSPS) is 15.5. The fourth-order valence-corrected chi connectivity index (χ4v) is 3.71. The number of nitrogens with two attached hydrogens (primary N) is 1. The topological polar surface area (TPSA) is 51.4 Å². The fraction of sp³-hybridized carbons (Fsp3) is 0.389. The van der Waals surface area contributed by atoms with Gasteiger partial charge in [0.05, 0.1) is 12.3 Å². The molecule has 0 spiro atoms. The third-order valence-corrected chi connectivity index (χ3v) is 4.98. The van der Waals surface area contributed by atoms with Crippen molar-refractivity contribution in [2.45, 2.75) is 19.8 Å². The van der Waals surface area contributed by atoms with Crippen molar-refractivity contribution in [2.75, 3.05) is 32.0 Å². The minimum absolute atomic E-state index is 0.690. The molecule has 0 radical (unpaired) electrons. The molecule has 2 aromatic rings. The number of aromatic nitrogens is 1. The maximum Gasteiger partial charge on any atom is 0.180 e. The first kappa shape index (κ1) is 16.0. The summed E-state index contributed by atoms with van der Waals surface area (Å²) in [5, 5.41) is 0.705. The van der Waals surface area contributed by atoms with Crippen LogP contribution in [0.15, 0.2) is 30.3 Å². The largest absolute Gasteiger partial charge is 0.493 e. The monoisotopic (exact) mass is 329 g/mol. The minimum Gasteiger partial charge on any atom is -0.493 e. The quantitative estimate of drug-likeness (QED) is 0.915. The van der Waals surface area contributed by atoms with Gasteiger partial charge in [-0.3, -0.25) is 4.90 Å². The molecule has 0 aliphatic carbocycles. The molecule has 2 N–H and O–H groups in total. The lowest BCUT2D eigenvalue weighted by atomic mass is 10.2. The Kier molecular flexibility index (Phi) is 5.31. The molecule has 5 heteroatoms. The Morgan fingerprint density at radius 1 is 1.30 bits per heavy atom. The zero-order valence-corrected chi connectivity index (χ0v) is 14.3. The van der Waals surface area contributed by atoms with Crippen LogP contribution in [0.5, 0.6) is 5.75 Å². The molecule has 1 aromatic heterocycles. The van der Waals surface area contributed by atoms with E-state index < -0.39 is 0 Å².